The van der Waals surface area contributed by atoms with Gasteiger partial charge in [-0.15, -0.1) is 0 Å². The summed E-state index contributed by atoms with van der Waals surface area (Å²) in [5, 5.41) is 2.93. The number of aryl methyl sites for hydroxylation is 1. The highest BCUT2D eigenvalue weighted by Crippen LogP contribution is 2.31. The zero-order valence-electron chi connectivity index (χ0n) is 15.3. The fourth-order valence-corrected chi connectivity index (χ4v) is 3.66. The lowest BCUT2D eigenvalue weighted by molar-refractivity contribution is -0.122. The zero-order chi connectivity index (χ0) is 20.0. The maximum absolute atomic E-state index is 12.7. The van der Waals surface area contributed by atoms with Gasteiger partial charge in [-0.1, -0.05) is 18.2 Å². The molecular weight excluding hydrogens is 386 g/mol. The van der Waals surface area contributed by atoms with Gasteiger partial charge in [-0.2, -0.15) is 4.98 Å². The van der Waals surface area contributed by atoms with Crippen molar-refractivity contribution in [3.05, 3.63) is 56.0 Å². The maximum Gasteiger partial charge on any atom is 0.332 e. The second kappa shape index (κ2) is 6.83. The summed E-state index contributed by atoms with van der Waals surface area (Å²) in [6, 6.07) is 7.33. The number of para-hydroxylation sites is 1. The quantitative estimate of drug-likeness (QED) is 0.650. The Morgan fingerprint density at radius 3 is 2.82 bits per heavy atom. The van der Waals surface area contributed by atoms with E-state index in [-0.39, 0.29) is 34.9 Å². The predicted molar refractivity (Wildman–Crippen MR) is 103 cm³/mol. The Morgan fingerprint density at radius 2 is 2.04 bits per heavy atom. The number of rotatable bonds is 3. The largest absolute Gasteiger partial charge is 0.493 e. The first-order chi connectivity index (χ1) is 13.4. The fourth-order valence-electron chi connectivity index (χ4n) is 3.44. The molecule has 146 valence electrons. The highest BCUT2D eigenvalue weighted by Gasteiger charge is 2.24. The van der Waals surface area contributed by atoms with Crippen LogP contribution in [0.1, 0.15) is 18.0 Å². The Kier molecular flexibility index (Phi) is 4.46. The van der Waals surface area contributed by atoms with E-state index in [1.54, 1.807) is 0 Å². The van der Waals surface area contributed by atoms with Gasteiger partial charge < -0.3 is 10.1 Å². The number of ether oxygens (including phenoxy) is 1. The molecule has 0 spiro atoms. The monoisotopic (exact) mass is 403 g/mol. The second-order valence-corrected chi connectivity index (χ2v) is 6.98. The van der Waals surface area contributed by atoms with Crippen molar-refractivity contribution in [3.63, 3.8) is 0 Å². The van der Waals surface area contributed by atoms with Crippen LogP contribution in [0, 0.1) is 0 Å². The summed E-state index contributed by atoms with van der Waals surface area (Å²) in [5.74, 6) is 0.424. The van der Waals surface area contributed by atoms with Crippen LogP contribution in [-0.2, 0) is 25.4 Å². The molecule has 2 aromatic heterocycles. The molecule has 1 amide bonds. The number of halogens is 1. The molecule has 0 fully saturated rings. The predicted octanol–water partition coefficient (Wildman–Crippen LogP) is 0.727. The Bertz CT molecular complexity index is 1210. The molecular formula is C18H18ClN5O4. The summed E-state index contributed by atoms with van der Waals surface area (Å²) < 4.78 is 9.12. The zero-order valence-corrected chi connectivity index (χ0v) is 16.1. The normalized spacial score (nSPS) is 15.9. The number of benzene rings is 1. The Balaban J connectivity index is 1.66. The average molecular weight is 404 g/mol. The number of aromatic nitrogens is 4. The molecule has 0 saturated carbocycles. The molecule has 1 N–H and O–H groups in total. The average Bonchev–Trinajstić information content (AvgIpc) is 3.01. The van der Waals surface area contributed by atoms with Crippen LogP contribution >= 0.6 is 11.6 Å². The van der Waals surface area contributed by atoms with E-state index in [9.17, 15) is 14.4 Å². The minimum atomic E-state index is -0.554. The van der Waals surface area contributed by atoms with Gasteiger partial charge in [0.15, 0.2) is 11.2 Å². The smallest absolute Gasteiger partial charge is 0.332 e. The third-order valence-electron chi connectivity index (χ3n) is 4.90. The van der Waals surface area contributed by atoms with Gasteiger partial charge >= 0.3 is 5.69 Å². The van der Waals surface area contributed by atoms with Crippen molar-refractivity contribution >= 4 is 28.7 Å². The summed E-state index contributed by atoms with van der Waals surface area (Å²) in [6.45, 7) is 0.307. The van der Waals surface area contributed by atoms with Crippen LogP contribution in [0.15, 0.2) is 33.9 Å². The Labute approximate surface area is 164 Å². The molecule has 1 aliphatic heterocycles. The van der Waals surface area contributed by atoms with Crippen molar-refractivity contribution in [1.29, 1.82) is 0 Å². The van der Waals surface area contributed by atoms with Gasteiger partial charge in [0.05, 0.1) is 12.6 Å². The van der Waals surface area contributed by atoms with E-state index in [0.717, 1.165) is 15.9 Å². The molecule has 0 saturated heterocycles. The van der Waals surface area contributed by atoms with Gasteiger partial charge in [0.25, 0.3) is 5.56 Å². The SMILES string of the molecule is Cn1c(=O)c2c(nc(Cl)n2CC(=O)NC2CCOc3ccccc32)n(C)c1=O. The van der Waals surface area contributed by atoms with Crippen LogP contribution in [0.25, 0.3) is 11.2 Å². The molecule has 4 rings (SSSR count). The van der Waals surface area contributed by atoms with E-state index in [1.807, 2.05) is 24.3 Å². The standard InChI is InChI=1S/C18H18ClN5O4/c1-22-15-14(16(26)23(2)18(22)27)24(17(19)21-15)9-13(25)20-11-7-8-28-12-6-4-3-5-10(11)12/h3-6,11H,7-9H2,1-2H3,(H,20,25). The van der Waals surface area contributed by atoms with E-state index in [0.29, 0.717) is 13.0 Å². The van der Waals surface area contributed by atoms with Crippen LogP contribution in [0.5, 0.6) is 5.75 Å². The summed E-state index contributed by atoms with van der Waals surface area (Å²) >= 11 is 6.17. The van der Waals surface area contributed by atoms with E-state index in [4.69, 9.17) is 16.3 Å². The minimum absolute atomic E-state index is 0.0316. The lowest BCUT2D eigenvalue weighted by Gasteiger charge is -2.26. The molecule has 1 atom stereocenters. The third-order valence-corrected chi connectivity index (χ3v) is 5.19. The molecule has 9 nitrogen and oxygen atoms in total. The van der Waals surface area contributed by atoms with E-state index >= 15 is 0 Å². The highest BCUT2D eigenvalue weighted by atomic mass is 35.5. The topological polar surface area (TPSA) is 100 Å². The molecule has 1 aliphatic rings. The molecule has 1 unspecified atom stereocenters. The number of carbonyl (C=O) groups is 1. The first kappa shape index (κ1) is 18.3. The molecule has 0 radical (unpaired) electrons. The van der Waals surface area contributed by atoms with Crippen molar-refractivity contribution in [3.8, 4) is 5.75 Å². The summed E-state index contributed by atoms with van der Waals surface area (Å²) in [6.07, 6.45) is 0.636. The maximum atomic E-state index is 12.7. The van der Waals surface area contributed by atoms with Gasteiger partial charge in [-0.25, -0.2) is 4.79 Å². The van der Waals surface area contributed by atoms with E-state index in [2.05, 4.69) is 10.3 Å². The van der Waals surface area contributed by atoms with Crippen molar-refractivity contribution in [1.82, 2.24) is 24.0 Å². The van der Waals surface area contributed by atoms with Crippen LogP contribution in [0.4, 0.5) is 0 Å². The van der Waals surface area contributed by atoms with E-state index in [1.165, 1.54) is 23.2 Å². The number of imidazole rings is 1. The number of nitrogens with one attached hydrogen (secondary N) is 1. The van der Waals surface area contributed by atoms with E-state index < -0.39 is 11.2 Å². The molecule has 1 aromatic carbocycles. The number of fused-ring (bicyclic) bond motifs is 2. The van der Waals surface area contributed by atoms with Crippen molar-refractivity contribution in [2.45, 2.75) is 19.0 Å². The van der Waals surface area contributed by atoms with Gasteiger partial charge in [0.1, 0.15) is 12.3 Å². The first-order valence-corrected chi connectivity index (χ1v) is 9.09. The first-order valence-electron chi connectivity index (χ1n) is 8.71. The summed E-state index contributed by atoms with van der Waals surface area (Å²) in [7, 11) is 2.87. The number of hydrogen-bond acceptors (Lipinski definition) is 5. The molecule has 0 bridgehead atoms. The number of amides is 1. The minimum Gasteiger partial charge on any atom is -0.493 e. The van der Waals surface area contributed by atoms with Crippen molar-refractivity contribution in [2.75, 3.05) is 6.61 Å². The lowest BCUT2D eigenvalue weighted by Crippen LogP contribution is -2.38. The Hall–Kier alpha value is -3.07. The number of carbonyl (C=O) groups excluding carboxylic acids is 1. The van der Waals surface area contributed by atoms with Crippen molar-refractivity contribution in [2.24, 2.45) is 14.1 Å². The highest BCUT2D eigenvalue weighted by molar-refractivity contribution is 6.29. The van der Waals surface area contributed by atoms with Crippen LogP contribution in [0.2, 0.25) is 5.28 Å². The Morgan fingerprint density at radius 1 is 1.29 bits per heavy atom. The number of hydrogen-bond donors (Lipinski definition) is 1. The van der Waals surface area contributed by atoms with Crippen LogP contribution in [-0.4, -0.2) is 31.2 Å². The summed E-state index contributed by atoms with van der Waals surface area (Å²) in [5.41, 5.74) is 0.0882. The molecule has 3 heterocycles. The molecule has 28 heavy (non-hydrogen) atoms. The lowest BCUT2D eigenvalue weighted by atomic mass is 10.0. The second-order valence-electron chi connectivity index (χ2n) is 6.64. The number of nitrogens with zero attached hydrogens (tertiary/aromatic N) is 4. The van der Waals surface area contributed by atoms with Gasteiger partial charge in [-0.05, 0) is 17.7 Å². The van der Waals surface area contributed by atoms with Crippen LogP contribution in [0.3, 0.4) is 0 Å². The molecule has 3 aromatic rings. The van der Waals surface area contributed by atoms with Crippen molar-refractivity contribution < 1.29 is 9.53 Å². The summed E-state index contributed by atoms with van der Waals surface area (Å²) in [4.78, 5) is 41.4. The van der Waals surface area contributed by atoms with Gasteiger partial charge in [0.2, 0.25) is 11.2 Å². The van der Waals surface area contributed by atoms with Crippen LogP contribution < -0.4 is 21.3 Å². The molecule has 0 aliphatic carbocycles. The fraction of sp³-hybridized carbons (Fsp3) is 0.333. The van der Waals surface area contributed by atoms with Gasteiger partial charge in [-0.3, -0.25) is 23.3 Å². The molecule has 10 heteroatoms. The van der Waals surface area contributed by atoms with Gasteiger partial charge in [0, 0.05) is 26.1 Å². The third kappa shape index (κ3) is 2.88.